The minimum Gasteiger partial charge on any atom is -0.328 e. The Balaban J connectivity index is 3.78. The zero-order chi connectivity index (χ0) is 9.72. The molecule has 0 amide bonds. The van der Waals surface area contributed by atoms with Gasteiger partial charge in [0.15, 0.2) is 0 Å². The van der Waals surface area contributed by atoms with Crippen molar-refractivity contribution in [1.29, 1.82) is 0 Å². The minimum atomic E-state index is -0.652. The second-order valence-electron chi connectivity index (χ2n) is 3.94. The first-order chi connectivity index (χ1) is 5.49. The molecule has 2 heteroatoms. The highest BCUT2D eigenvalue weighted by Gasteiger charge is 2.19. The van der Waals surface area contributed by atoms with Gasteiger partial charge in [-0.15, -0.1) is 0 Å². The van der Waals surface area contributed by atoms with Crippen molar-refractivity contribution in [2.75, 3.05) is 0 Å². The Hall–Kier alpha value is -0.110. The molecule has 2 N–H and O–H groups in total. The molecular formula is C10H22FN. The lowest BCUT2D eigenvalue weighted by molar-refractivity contribution is 0.219. The molecule has 0 bridgehead atoms. The first-order valence-corrected chi connectivity index (χ1v) is 4.88. The molecule has 0 spiro atoms. The van der Waals surface area contributed by atoms with Crippen LogP contribution >= 0.6 is 0 Å². The van der Waals surface area contributed by atoms with Crippen LogP contribution in [0.3, 0.4) is 0 Å². The summed E-state index contributed by atoms with van der Waals surface area (Å²) in [5, 5.41) is 0. The molecule has 0 rings (SSSR count). The van der Waals surface area contributed by atoms with Crippen molar-refractivity contribution in [3.05, 3.63) is 0 Å². The number of rotatable bonds is 5. The lowest BCUT2D eigenvalue weighted by Gasteiger charge is -2.24. The second-order valence-corrected chi connectivity index (χ2v) is 3.94. The first kappa shape index (κ1) is 11.9. The van der Waals surface area contributed by atoms with Crippen LogP contribution in [0.1, 0.15) is 40.5 Å². The highest BCUT2D eigenvalue weighted by atomic mass is 19.1. The zero-order valence-electron chi connectivity index (χ0n) is 8.68. The lowest BCUT2D eigenvalue weighted by atomic mass is 9.86. The fourth-order valence-corrected chi connectivity index (χ4v) is 1.30. The van der Waals surface area contributed by atoms with Gasteiger partial charge in [-0.1, -0.05) is 20.8 Å². The number of nitrogens with two attached hydrogens (primary N) is 1. The normalized spacial score (nSPS) is 21.5. The minimum absolute atomic E-state index is 0.170. The highest BCUT2D eigenvalue weighted by molar-refractivity contribution is 4.72. The SMILES string of the molecule is CCC(F)CC(C)C(C)C(C)N. The van der Waals surface area contributed by atoms with Crippen molar-refractivity contribution >= 4 is 0 Å². The van der Waals surface area contributed by atoms with E-state index < -0.39 is 6.17 Å². The van der Waals surface area contributed by atoms with Gasteiger partial charge < -0.3 is 5.73 Å². The van der Waals surface area contributed by atoms with Crippen LogP contribution in [-0.2, 0) is 0 Å². The van der Waals surface area contributed by atoms with E-state index in [-0.39, 0.29) is 6.04 Å². The van der Waals surface area contributed by atoms with Crippen LogP contribution in [0.25, 0.3) is 0 Å². The topological polar surface area (TPSA) is 26.0 Å². The van der Waals surface area contributed by atoms with E-state index in [1.807, 2.05) is 13.8 Å². The van der Waals surface area contributed by atoms with Crippen LogP contribution in [0.5, 0.6) is 0 Å². The Morgan fingerprint density at radius 1 is 1.25 bits per heavy atom. The molecule has 0 aliphatic rings. The highest BCUT2D eigenvalue weighted by Crippen LogP contribution is 2.21. The van der Waals surface area contributed by atoms with E-state index in [0.29, 0.717) is 24.7 Å². The maximum Gasteiger partial charge on any atom is 0.100 e. The van der Waals surface area contributed by atoms with Gasteiger partial charge in [-0.05, 0) is 31.6 Å². The molecule has 12 heavy (non-hydrogen) atoms. The molecule has 0 aromatic rings. The van der Waals surface area contributed by atoms with E-state index in [2.05, 4.69) is 13.8 Å². The quantitative estimate of drug-likeness (QED) is 0.683. The summed E-state index contributed by atoms with van der Waals surface area (Å²) in [5.74, 6) is 0.801. The van der Waals surface area contributed by atoms with Crippen LogP contribution in [0.2, 0.25) is 0 Å². The van der Waals surface area contributed by atoms with Crippen LogP contribution < -0.4 is 5.73 Å². The Morgan fingerprint density at radius 2 is 1.75 bits per heavy atom. The second kappa shape index (κ2) is 5.52. The van der Waals surface area contributed by atoms with Crippen LogP contribution in [0.4, 0.5) is 4.39 Å². The van der Waals surface area contributed by atoms with Crippen LogP contribution in [0.15, 0.2) is 0 Å². The molecule has 1 nitrogen and oxygen atoms in total. The molecular weight excluding hydrogens is 153 g/mol. The average molecular weight is 175 g/mol. The predicted molar refractivity (Wildman–Crippen MR) is 51.8 cm³/mol. The Morgan fingerprint density at radius 3 is 2.08 bits per heavy atom. The molecule has 74 valence electrons. The summed E-state index contributed by atoms with van der Waals surface area (Å²) in [7, 11) is 0. The molecule has 0 heterocycles. The summed E-state index contributed by atoms with van der Waals surface area (Å²) >= 11 is 0. The summed E-state index contributed by atoms with van der Waals surface area (Å²) in [5.41, 5.74) is 5.73. The Kier molecular flexibility index (Phi) is 5.47. The molecule has 0 fully saturated rings. The summed E-state index contributed by atoms with van der Waals surface area (Å²) < 4.78 is 13.0. The average Bonchev–Trinajstić information content (AvgIpc) is 2.02. The van der Waals surface area contributed by atoms with Crippen molar-refractivity contribution < 1.29 is 4.39 Å². The van der Waals surface area contributed by atoms with Crippen molar-refractivity contribution in [2.24, 2.45) is 17.6 Å². The van der Waals surface area contributed by atoms with Gasteiger partial charge in [-0.25, -0.2) is 4.39 Å². The fraction of sp³-hybridized carbons (Fsp3) is 1.00. The first-order valence-electron chi connectivity index (χ1n) is 4.88. The number of hydrogen-bond acceptors (Lipinski definition) is 1. The van der Waals surface area contributed by atoms with E-state index in [9.17, 15) is 4.39 Å². The smallest absolute Gasteiger partial charge is 0.100 e. The Labute approximate surface area is 75.5 Å². The molecule has 0 aromatic heterocycles. The van der Waals surface area contributed by atoms with Gasteiger partial charge in [0.25, 0.3) is 0 Å². The molecule has 0 aliphatic carbocycles. The van der Waals surface area contributed by atoms with Gasteiger partial charge in [0, 0.05) is 6.04 Å². The summed E-state index contributed by atoms with van der Waals surface area (Å²) in [4.78, 5) is 0. The summed E-state index contributed by atoms with van der Waals surface area (Å²) in [6, 6.07) is 0.170. The van der Waals surface area contributed by atoms with E-state index in [4.69, 9.17) is 5.73 Å². The van der Waals surface area contributed by atoms with Crippen molar-refractivity contribution in [1.82, 2.24) is 0 Å². The third-order valence-corrected chi connectivity index (χ3v) is 2.80. The van der Waals surface area contributed by atoms with Gasteiger partial charge in [-0.2, -0.15) is 0 Å². The molecule has 0 aromatic carbocycles. The van der Waals surface area contributed by atoms with Gasteiger partial charge in [0.1, 0.15) is 6.17 Å². The van der Waals surface area contributed by atoms with E-state index in [1.54, 1.807) is 0 Å². The van der Waals surface area contributed by atoms with Crippen LogP contribution in [-0.4, -0.2) is 12.2 Å². The standard InChI is InChI=1S/C10H22FN/c1-5-10(11)6-7(2)8(3)9(4)12/h7-10H,5-6,12H2,1-4H3. The predicted octanol–water partition coefficient (Wildman–Crippen LogP) is 2.74. The molecule has 0 radical (unpaired) electrons. The lowest BCUT2D eigenvalue weighted by Crippen LogP contribution is -2.30. The monoisotopic (exact) mass is 175 g/mol. The maximum atomic E-state index is 13.0. The molecule has 4 unspecified atom stereocenters. The van der Waals surface area contributed by atoms with Crippen molar-refractivity contribution in [2.45, 2.75) is 52.8 Å². The van der Waals surface area contributed by atoms with Crippen LogP contribution in [0, 0.1) is 11.8 Å². The third-order valence-electron chi connectivity index (χ3n) is 2.80. The summed E-state index contributed by atoms with van der Waals surface area (Å²) in [6.07, 6.45) is 0.621. The van der Waals surface area contributed by atoms with Crippen molar-refractivity contribution in [3.8, 4) is 0 Å². The van der Waals surface area contributed by atoms with E-state index in [0.717, 1.165) is 0 Å². The zero-order valence-corrected chi connectivity index (χ0v) is 8.68. The van der Waals surface area contributed by atoms with Gasteiger partial charge in [0.05, 0.1) is 0 Å². The number of halogens is 1. The Bertz CT molecular complexity index is 114. The van der Waals surface area contributed by atoms with E-state index >= 15 is 0 Å². The van der Waals surface area contributed by atoms with Gasteiger partial charge in [-0.3, -0.25) is 0 Å². The summed E-state index contributed by atoms with van der Waals surface area (Å²) in [6.45, 7) is 8.04. The van der Waals surface area contributed by atoms with Crippen molar-refractivity contribution in [3.63, 3.8) is 0 Å². The molecule has 0 aliphatic heterocycles. The van der Waals surface area contributed by atoms with Gasteiger partial charge in [0.2, 0.25) is 0 Å². The molecule has 0 saturated carbocycles. The molecule has 4 atom stereocenters. The fourth-order valence-electron chi connectivity index (χ4n) is 1.30. The largest absolute Gasteiger partial charge is 0.328 e. The van der Waals surface area contributed by atoms with E-state index in [1.165, 1.54) is 0 Å². The van der Waals surface area contributed by atoms with Gasteiger partial charge >= 0.3 is 0 Å². The third kappa shape index (κ3) is 4.05. The molecule has 0 saturated heterocycles. The maximum absolute atomic E-state index is 13.0. The number of alkyl halides is 1. The number of hydrogen-bond donors (Lipinski definition) is 1.